The van der Waals surface area contributed by atoms with Gasteiger partial charge in [-0.3, -0.25) is 0 Å². The summed E-state index contributed by atoms with van der Waals surface area (Å²) in [5, 5.41) is 18.5. The van der Waals surface area contributed by atoms with E-state index in [1.54, 1.807) is 0 Å². The van der Waals surface area contributed by atoms with Crippen LogP contribution < -0.4 is 56.5 Å². The van der Waals surface area contributed by atoms with Gasteiger partial charge in [0.15, 0.2) is 0 Å². The summed E-state index contributed by atoms with van der Waals surface area (Å²) in [5.41, 5.74) is 0. The van der Waals surface area contributed by atoms with Crippen molar-refractivity contribution in [1.29, 1.82) is 0 Å². The molecule has 10 heavy (non-hydrogen) atoms. The fourth-order valence-corrected chi connectivity index (χ4v) is 0.543. The molecule has 3 nitrogen and oxygen atoms in total. The first-order valence-corrected chi connectivity index (χ1v) is 2.93. The Morgan fingerprint density at radius 3 is 2.10 bits per heavy atom. The fourth-order valence-electron chi connectivity index (χ4n) is 0.543. The largest absolute Gasteiger partial charge is 1.00 e. The van der Waals surface area contributed by atoms with Gasteiger partial charge in [0.2, 0.25) is 0 Å². The summed E-state index contributed by atoms with van der Waals surface area (Å²) in [6, 6.07) is 0. The summed E-state index contributed by atoms with van der Waals surface area (Å²) in [6.45, 7) is 3.68. The predicted molar refractivity (Wildman–Crippen MR) is 30.5 cm³/mol. The summed E-state index contributed by atoms with van der Waals surface area (Å²) in [6.07, 6.45) is -1.03. The molecule has 0 aliphatic rings. The summed E-state index contributed by atoms with van der Waals surface area (Å²) < 4.78 is 0. The Morgan fingerprint density at radius 1 is 1.60 bits per heavy atom. The van der Waals surface area contributed by atoms with Crippen LogP contribution in [0.2, 0.25) is 0 Å². The number of carbonyl (C=O) groups is 1. The third kappa shape index (κ3) is 7.18. The molecule has 0 saturated carbocycles. The van der Waals surface area contributed by atoms with E-state index in [4.69, 9.17) is 5.11 Å². The fraction of sp³-hybridized carbons (Fsp3) is 0.833. The molecule has 0 fully saturated rings. The third-order valence-corrected chi connectivity index (χ3v) is 0.967. The normalized spacial score (nSPS) is 12.4. The second kappa shape index (κ2) is 6.76. The molecule has 0 saturated heterocycles. The van der Waals surface area contributed by atoms with Crippen LogP contribution in [0, 0.1) is 5.92 Å². The standard InChI is InChI=1S/C6H12O3.K/c1-4(2)3-5(7)6(8)9;/h4-5,7H,3H2,1-2H3,(H,8,9);/q;+1/p-1. The number of aliphatic carboxylic acids is 1. The smallest absolute Gasteiger partial charge is 0.547 e. The Hall–Kier alpha value is 1.07. The van der Waals surface area contributed by atoms with Crippen LogP contribution in [-0.4, -0.2) is 17.2 Å². The van der Waals surface area contributed by atoms with E-state index in [0.29, 0.717) is 0 Å². The van der Waals surface area contributed by atoms with Crippen molar-refractivity contribution >= 4 is 5.97 Å². The number of carboxylic acids is 1. The van der Waals surface area contributed by atoms with Gasteiger partial charge in [-0.1, -0.05) is 13.8 Å². The van der Waals surface area contributed by atoms with Crippen molar-refractivity contribution in [1.82, 2.24) is 0 Å². The summed E-state index contributed by atoms with van der Waals surface area (Å²) in [7, 11) is 0. The molecular weight excluding hydrogens is 159 g/mol. The zero-order valence-electron chi connectivity index (χ0n) is 6.63. The number of rotatable bonds is 3. The van der Waals surface area contributed by atoms with Gasteiger partial charge in [0.1, 0.15) is 0 Å². The minimum absolute atomic E-state index is 0. The number of hydrogen-bond acceptors (Lipinski definition) is 3. The summed E-state index contributed by atoms with van der Waals surface area (Å²) >= 11 is 0. The Morgan fingerprint density at radius 2 is 2.00 bits per heavy atom. The van der Waals surface area contributed by atoms with E-state index >= 15 is 0 Å². The average molecular weight is 170 g/mol. The maximum Gasteiger partial charge on any atom is 1.00 e. The van der Waals surface area contributed by atoms with Crippen LogP contribution >= 0.6 is 0 Å². The topological polar surface area (TPSA) is 60.4 Å². The third-order valence-electron chi connectivity index (χ3n) is 0.967. The van der Waals surface area contributed by atoms with Crippen molar-refractivity contribution in [2.45, 2.75) is 26.4 Å². The molecule has 0 aromatic carbocycles. The van der Waals surface area contributed by atoms with Crippen LogP contribution in [0.25, 0.3) is 0 Å². The van der Waals surface area contributed by atoms with Gasteiger partial charge in [0.05, 0.1) is 12.1 Å². The molecule has 0 rings (SSSR count). The molecule has 0 bridgehead atoms. The van der Waals surface area contributed by atoms with Crippen LogP contribution in [-0.2, 0) is 4.79 Å². The van der Waals surface area contributed by atoms with Crippen LogP contribution in [0.5, 0.6) is 0 Å². The summed E-state index contributed by atoms with van der Waals surface area (Å²) in [5.74, 6) is -1.19. The molecule has 0 spiro atoms. The maximum absolute atomic E-state index is 9.87. The molecule has 0 aliphatic heterocycles. The molecule has 0 amide bonds. The van der Waals surface area contributed by atoms with Crippen LogP contribution in [0.1, 0.15) is 20.3 Å². The van der Waals surface area contributed by atoms with E-state index < -0.39 is 12.1 Å². The van der Waals surface area contributed by atoms with Crippen LogP contribution in [0.15, 0.2) is 0 Å². The minimum atomic E-state index is -1.39. The first kappa shape index (κ1) is 13.6. The maximum atomic E-state index is 9.87. The van der Waals surface area contributed by atoms with E-state index in [2.05, 4.69) is 0 Å². The van der Waals surface area contributed by atoms with E-state index in [-0.39, 0.29) is 63.7 Å². The average Bonchev–Trinajstić information content (AvgIpc) is 1.63. The van der Waals surface area contributed by atoms with Gasteiger partial charge in [-0.2, -0.15) is 0 Å². The number of hydrogen-bond donors (Lipinski definition) is 1. The minimum Gasteiger partial charge on any atom is -0.547 e. The first-order valence-electron chi connectivity index (χ1n) is 2.93. The van der Waals surface area contributed by atoms with Crippen molar-refractivity contribution in [2.24, 2.45) is 5.92 Å². The number of carbonyl (C=O) groups excluding carboxylic acids is 1. The summed E-state index contributed by atoms with van der Waals surface area (Å²) in [4.78, 5) is 9.87. The zero-order valence-corrected chi connectivity index (χ0v) is 9.75. The van der Waals surface area contributed by atoms with Gasteiger partial charge >= 0.3 is 51.4 Å². The zero-order chi connectivity index (χ0) is 7.44. The molecule has 1 unspecified atom stereocenters. The Kier molecular flexibility index (Phi) is 9.22. The van der Waals surface area contributed by atoms with Crippen molar-refractivity contribution in [2.75, 3.05) is 0 Å². The monoisotopic (exact) mass is 170 g/mol. The van der Waals surface area contributed by atoms with Gasteiger partial charge in [-0.15, -0.1) is 0 Å². The predicted octanol–water partition coefficient (Wildman–Crippen LogP) is -3.85. The van der Waals surface area contributed by atoms with Gasteiger partial charge in [0, 0.05) is 0 Å². The van der Waals surface area contributed by atoms with Gasteiger partial charge < -0.3 is 15.0 Å². The first-order chi connectivity index (χ1) is 4.04. The van der Waals surface area contributed by atoms with Gasteiger partial charge in [-0.25, -0.2) is 0 Å². The molecule has 1 N–H and O–H groups in total. The molecule has 0 radical (unpaired) electrons. The number of aliphatic hydroxyl groups excluding tert-OH is 1. The molecule has 0 aliphatic carbocycles. The van der Waals surface area contributed by atoms with Crippen LogP contribution in [0.4, 0.5) is 0 Å². The molecule has 0 heterocycles. The Labute approximate surface area is 103 Å². The van der Waals surface area contributed by atoms with Crippen molar-refractivity contribution in [3.05, 3.63) is 0 Å². The Balaban J connectivity index is 0. The van der Waals surface area contributed by atoms with E-state index in [1.807, 2.05) is 13.8 Å². The second-order valence-electron chi connectivity index (χ2n) is 2.46. The van der Waals surface area contributed by atoms with Crippen molar-refractivity contribution in [3.8, 4) is 0 Å². The quantitative estimate of drug-likeness (QED) is 0.441. The molecular formula is C6H11KO3. The van der Waals surface area contributed by atoms with E-state index in [9.17, 15) is 9.90 Å². The molecule has 0 aromatic rings. The van der Waals surface area contributed by atoms with Crippen LogP contribution in [0.3, 0.4) is 0 Å². The molecule has 1 atom stereocenters. The van der Waals surface area contributed by atoms with Gasteiger partial charge in [-0.05, 0) is 12.3 Å². The van der Waals surface area contributed by atoms with Gasteiger partial charge in [0.25, 0.3) is 0 Å². The van der Waals surface area contributed by atoms with E-state index in [1.165, 1.54) is 0 Å². The second-order valence-corrected chi connectivity index (χ2v) is 2.46. The number of carboxylic acid groups (broad SMARTS) is 1. The van der Waals surface area contributed by atoms with Crippen molar-refractivity contribution < 1.29 is 66.4 Å². The molecule has 0 aromatic heterocycles. The van der Waals surface area contributed by atoms with Crippen molar-refractivity contribution in [3.63, 3.8) is 0 Å². The Bertz CT molecular complexity index is 103. The molecule has 4 heteroatoms. The number of aliphatic hydroxyl groups is 1. The van der Waals surface area contributed by atoms with E-state index in [0.717, 1.165) is 0 Å². The SMILES string of the molecule is CC(C)CC(O)C(=O)[O-].[K+]. The molecule has 54 valence electrons.